The Morgan fingerprint density at radius 3 is 2.70 bits per heavy atom. The zero-order valence-electron chi connectivity index (χ0n) is 15.4. The molecule has 3 aliphatic heterocycles. The van der Waals surface area contributed by atoms with Gasteiger partial charge in [-0.25, -0.2) is 0 Å². The van der Waals surface area contributed by atoms with Crippen LogP contribution in [0.15, 0.2) is 53.6 Å². The molecule has 4 nitrogen and oxygen atoms in total. The van der Waals surface area contributed by atoms with Crippen LogP contribution in [-0.4, -0.2) is 24.2 Å². The van der Waals surface area contributed by atoms with Gasteiger partial charge >= 0.3 is 0 Å². The van der Waals surface area contributed by atoms with Crippen LogP contribution in [-0.2, 0) is 11.2 Å². The van der Waals surface area contributed by atoms with E-state index >= 15 is 0 Å². The molecule has 0 radical (unpaired) electrons. The number of piperidine rings is 1. The lowest BCUT2D eigenvalue weighted by Gasteiger charge is -2.51. The van der Waals surface area contributed by atoms with Gasteiger partial charge in [0.1, 0.15) is 5.41 Å². The van der Waals surface area contributed by atoms with Crippen LogP contribution in [0.2, 0.25) is 5.02 Å². The van der Waals surface area contributed by atoms with E-state index in [1.165, 1.54) is 17.7 Å². The van der Waals surface area contributed by atoms with E-state index in [4.69, 9.17) is 16.7 Å². The molecule has 0 aromatic heterocycles. The molecule has 3 aliphatic rings. The smallest absolute Gasteiger partial charge is 0.261 e. The number of hydrogen-bond acceptors (Lipinski definition) is 3. The molecule has 0 bridgehead atoms. The van der Waals surface area contributed by atoms with Crippen LogP contribution < -0.4 is 9.91 Å². The summed E-state index contributed by atoms with van der Waals surface area (Å²) in [7, 11) is 0. The number of nitrogens with zero attached hydrogens (tertiary/aromatic N) is 3. The number of hydrogen-bond donors (Lipinski definition) is 0. The average molecular weight is 380 g/mol. The van der Waals surface area contributed by atoms with Crippen molar-refractivity contribution >= 4 is 34.6 Å². The summed E-state index contributed by atoms with van der Waals surface area (Å²) in [6.45, 7) is 3.03. The third kappa shape index (κ3) is 2.36. The maximum atomic E-state index is 13.8. The first-order valence-corrected chi connectivity index (χ1v) is 9.99. The molecule has 3 heterocycles. The highest BCUT2D eigenvalue weighted by Crippen LogP contribution is 2.49. The minimum Gasteiger partial charge on any atom is -0.367 e. The van der Waals surface area contributed by atoms with Gasteiger partial charge < -0.3 is 4.90 Å². The molecule has 1 spiro atoms. The fourth-order valence-corrected chi connectivity index (χ4v) is 5.19. The first kappa shape index (κ1) is 16.8. The van der Waals surface area contributed by atoms with E-state index in [1.807, 2.05) is 31.2 Å². The summed E-state index contributed by atoms with van der Waals surface area (Å²) in [6.07, 6.45) is 4.09. The molecule has 138 valence electrons. The van der Waals surface area contributed by atoms with Crippen molar-refractivity contribution in [1.29, 1.82) is 0 Å². The lowest BCUT2D eigenvalue weighted by Crippen LogP contribution is -2.61. The molecule has 2 atom stereocenters. The predicted octanol–water partition coefficient (Wildman–Crippen LogP) is 4.66. The normalized spacial score (nSPS) is 26.8. The number of halogens is 1. The molecule has 1 fully saturated rings. The maximum Gasteiger partial charge on any atom is 0.261 e. The van der Waals surface area contributed by atoms with Crippen LogP contribution in [0, 0.1) is 5.41 Å². The van der Waals surface area contributed by atoms with Crippen molar-refractivity contribution in [2.45, 2.75) is 38.6 Å². The molecular formula is C22H22ClN3O. The molecule has 1 saturated heterocycles. The predicted molar refractivity (Wildman–Crippen MR) is 110 cm³/mol. The summed E-state index contributed by atoms with van der Waals surface area (Å²) in [4.78, 5) is 16.3. The van der Waals surface area contributed by atoms with Gasteiger partial charge in [0.05, 0.1) is 11.4 Å². The number of benzene rings is 2. The van der Waals surface area contributed by atoms with Crippen molar-refractivity contribution in [2.24, 2.45) is 10.5 Å². The van der Waals surface area contributed by atoms with E-state index < -0.39 is 5.41 Å². The van der Waals surface area contributed by atoms with Gasteiger partial charge in [-0.1, -0.05) is 29.8 Å². The Morgan fingerprint density at radius 2 is 1.89 bits per heavy atom. The number of carbonyl (C=O) groups excluding carboxylic acids is 1. The Kier molecular flexibility index (Phi) is 3.80. The second-order valence-corrected chi connectivity index (χ2v) is 8.20. The second-order valence-electron chi connectivity index (χ2n) is 7.76. The SMILES string of the molecule is CC1=NN(c2ccc(Cl)cc2)C(=O)[C@@]12Cc1ccccc1N1CCCC[C@@H]12. The van der Waals surface area contributed by atoms with Gasteiger partial charge in [0.15, 0.2) is 0 Å². The average Bonchev–Trinajstić information content (AvgIpc) is 2.94. The Hall–Kier alpha value is -2.33. The van der Waals surface area contributed by atoms with Crippen molar-refractivity contribution < 1.29 is 4.79 Å². The van der Waals surface area contributed by atoms with Gasteiger partial charge in [-0.2, -0.15) is 10.1 Å². The molecule has 27 heavy (non-hydrogen) atoms. The van der Waals surface area contributed by atoms with Crippen LogP contribution in [0.25, 0.3) is 0 Å². The lowest BCUT2D eigenvalue weighted by molar-refractivity contribution is -0.125. The highest BCUT2D eigenvalue weighted by molar-refractivity contribution is 6.30. The highest BCUT2D eigenvalue weighted by Gasteiger charge is 2.58. The molecular weight excluding hydrogens is 358 g/mol. The molecule has 0 aliphatic carbocycles. The van der Waals surface area contributed by atoms with Crippen LogP contribution in [0.5, 0.6) is 0 Å². The van der Waals surface area contributed by atoms with Gasteiger partial charge in [-0.15, -0.1) is 0 Å². The topological polar surface area (TPSA) is 35.9 Å². The summed E-state index contributed by atoms with van der Waals surface area (Å²) < 4.78 is 0. The van der Waals surface area contributed by atoms with Crippen LogP contribution in [0.1, 0.15) is 31.7 Å². The highest BCUT2D eigenvalue weighted by atomic mass is 35.5. The fourth-order valence-electron chi connectivity index (χ4n) is 5.06. The molecule has 0 unspecified atom stereocenters. The number of rotatable bonds is 1. The van der Waals surface area contributed by atoms with Crippen molar-refractivity contribution in [3.63, 3.8) is 0 Å². The van der Waals surface area contributed by atoms with Gasteiger partial charge in [0, 0.05) is 23.3 Å². The van der Waals surface area contributed by atoms with Gasteiger partial charge in [0.25, 0.3) is 5.91 Å². The van der Waals surface area contributed by atoms with Crippen molar-refractivity contribution in [3.05, 3.63) is 59.1 Å². The van der Waals surface area contributed by atoms with Crippen molar-refractivity contribution in [2.75, 3.05) is 16.5 Å². The van der Waals surface area contributed by atoms with Gasteiger partial charge in [-0.05, 0) is 68.5 Å². The monoisotopic (exact) mass is 379 g/mol. The van der Waals surface area contributed by atoms with E-state index in [0.29, 0.717) is 5.02 Å². The van der Waals surface area contributed by atoms with E-state index in [9.17, 15) is 4.79 Å². The minimum atomic E-state index is -0.575. The zero-order chi connectivity index (χ0) is 18.6. The number of carbonyl (C=O) groups is 1. The number of amides is 1. The van der Waals surface area contributed by atoms with Crippen LogP contribution >= 0.6 is 11.6 Å². The van der Waals surface area contributed by atoms with Crippen molar-refractivity contribution in [1.82, 2.24) is 0 Å². The summed E-state index contributed by atoms with van der Waals surface area (Å²) in [6, 6.07) is 16.1. The van der Waals surface area contributed by atoms with Crippen molar-refractivity contribution in [3.8, 4) is 0 Å². The Labute approximate surface area is 164 Å². The Morgan fingerprint density at radius 1 is 1.11 bits per heavy atom. The third-order valence-corrected chi connectivity index (χ3v) is 6.63. The molecule has 2 aromatic carbocycles. The molecule has 0 saturated carbocycles. The van der Waals surface area contributed by atoms with Gasteiger partial charge in [0.2, 0.25) is 0 Å². The molecule has 1 amide bonds. The van der Waals surface area contributed by atoms with Crippen LogP contribution in [0.3, 0.4) is 0 Å². The largest absolute Gasteiger partial charge is 0.367 e. The summed E-state index contributed by atoms with van der Waals surface area (Å²) in [5, 5.41) is 6.99. The molecule has 5 rings (SSSR count). The zero-order valence-corrected chi connectivity index (χ0v) is 16.1. The molecule has 2 aromatic rings. The van der Waals surface area contributed by atoms with E-state index in [2.05, 4.69) is 29.2 Å². The van der Waals surface area contributed by atoms with E-state index in [0.717, 1.165) is 37.2 Å². The Balaban J connectivity index is 1.62. The fraction of sp³-hybridized carbons (Fsp3) is 0.364. The number of para-hydroxylation sites is 1. The minimum absolute atomic E-state index is 0.0914. The maximum absolute atomic E-state index is 13.8. The molecule has 5 heteroatoms. The second kappa shape index (κ2) is 6.10. The first-order valence-electron chi connectivity index (χ1n) is 9.61. The quantitative estimate of drug-likeness (QED) is 0.722. The Bertz CT molecular complexity index is 939. The third-order valence-electron chi connectivity index (χ3n) is 6.38. The number of hydrazone groups is 1. The summed E-state index contributed by atoms with van der Waals surface area (Å²) >= 11 is 6.03. The first-order chi connectivity index (χ1) is 13.1. The summed E-state index contributed by atoms with van der Waals surface area (Å²) in [5.41, 5.74) is 3.67. The molecule has 0 N–H and O–H groups in total. The van der Waals surface area contributed by atoms with E-state index in [-0.39, 0.29) is 11.9 Å². The van der Waals surface area contributed by atoms with Gasteiger partial charge in [-0.3, -0.25) is 4.79 Å². The lowest BCUT2D eigenvalue weighted by atomic mass is 9.66. The standard InChI is InChI=1S/C22H22ClN3O/c1-15-22(21(27)26(24-15)18-11-9-17(23)10-12-18)14-16-6-2-3-7-19(16)25-13-5-4-8-20(22)25/h2-3,6-7,9-12,20H,4-5,8,13-14H2,1H3/t20-,22+/m1/s1. The van der Waals surface area contributed by atoms with Crippen LogP contribution in [0.4, 0.5) is 11.4 Å². The summed E-state index contributed by atoms with van der Waals surface area (Å²) in [5.74, 6) is 0.0914. The van der Waals surface area contributed by atoms with E-state index in [1.54, 1.807) is 5.01 Å². The number of anilines is 2. The number of fused-ring (bicyclic) bond motifs is 4.